The van der Waals surface area contributed by atoms with Crippen molar-refractivity contribution in [1.29, 1.82) is 0 Å². The van der Waals surface area contributed by atoms with Crippen molar-refractivity contribution >= 4 is 17.7 Å². The first-order chi connectivity index (χ1) is 11.1. The zero-order valence-corrected chi connectivity index (χ0v) is 14.7. The minimum atomic E-state index is -0.781. The normalized spacial score (nSPS) is 12.1. The molecule has 0 saturated heterocycles. The maximum atomic E-state index is 12.1. The van der Waals surface area contributed by atoms with Crippen molar-refractivity contribution in [3.05, 3.63) is 6.07 Å². The minimum absolute atomic E-state index is 0.293. The van der Waals surface area contributed by atoms with Gasteiger partial charge in [0.15, 0.2) is 16.7 Å². The highest BCUT2D eigenvalue weighted by atomic mass is 32.2. The molecule has 8 nitrogen and oxygen atoms in total. The summed E-state index contributed by atoms with van der Waals surface area (Å²) < 4.78 is 26.0. The fraction of sp³-hybridized carbons (Fsp3) is 0.643. The first kappa shape index (κ1) is 19.5. The third kappa shape index (κ3) is 5.85. The summed E-state index contributed by atoms with van der Waals surface area (Å²) in [6.07, 6.45) is -0.775. The lowest BCUT2D eigenvalue weighted by molar-refractivity contribution is -0.163. The van der Waals surface area contributed by atoms with Gasteiger partial charge in [-0.2, -0.15) is 9.97 Å². The Hall–Kier alpha value is -1.58. The molecule has 0 aromatic carbocycles. The van der Waals surface area contributed by atoms with Gasteiger partial charge in [-0.1, -0.05) is 11.8 Å². The Labute approximate surface area is 139 Å². The fourth-order valence-corrected chi connectivity index (χ4v) is 2.61. The molecule has 0 bridgehead atoms. The molecular formula is C14H22N2O6S. The topological polar surface area (TPSA) is 89.0 Å². The average molecular weight is 346 g/mol. The molecule has 0 spiro atoms. The van der Waals surface area contributed by atoms with E-state index in [9.17, 15) is 4.79 Å². The second kappa shape index (κ2) is 10.2. The summed E-state index contributed by atoms with van der Waals surface area (Å²) in [7, 11) is 4.27. The Bertz CT molecular complexity index is 474. The summed E-state index contributed by atoms with van der Waals surface area (Å²) in [5.41, 5.74) is 0. The van der Waals surface area contributed by atoms with Gasteiger partial charge in [0.25, 0.3) is 0 Å². The zero-order valence-electron chi connectivity index (χ0n) is 13.9. The molecule has 0 fully saturated rings. The van der Waals surface area contributed by atoms with Gasteiger partial charge in [-0.3, -0.25) is 4.79 Å². The second-order valence-corrected chi connectivity index (χ2v) is 5.18. The van der Waals surface area contributed by atoms with Crippen LogP contribution in [0.15, 0.2) is 11.2 Å². The number of ether oxygens (including phenoxy) is 5. The minimum Gasteiger partial charge on any atom is -0.481 e. The maximum Gasteiger partial charge on any atom is 0.324 e. The first-order valence-corrected chi connectivity index (χ1v) is 7.92. The van der Waals surface area contributed by atoms with Crippen LogP contribution < -0.4 is 9.47 Å². The van der Waals surface area contributed by atoms with Crippen LogP contribution in [0.2, 0.25) is 0 Å². The molecule has 1 heterocycles. The smallest absolute Gasteiger partial charge is 0.324 e. The van der Waals surface area contributed by atoms with Crippen LogP contribution in [0.5, 0.6) is 11.8 Å². The van der Waals surface area contributed by atoms with Crippen LogP contribution in [0, 0.1) is 0 Å². The van der Waals surface area contributed by atoms with E-state index in [4.69, 9.17) is 23.7 Å². The molecule has 9 heteroatoms. The number of aromatic nitrogens is 2. The summed E-state index contributed by atoms with van der Waals surface area (Å²) >= 11 is 1.06. The number of hydrogen-bond donors (Lipinski definition) is 0. The quantitative estimate of drug-likeness (QED) is 0.271. The van der Waals surface area contributed by atoms with Crippen LogP contribution in [-0.2, 0) is 19.0 Å². The summed E-state index contributed by atoms with van der Waals surface area (Å²) in [5.74, 6) is 0.159. The van der Waals surface area contributed by atoms with E-state index in [1.807, 2.05) is 13.8 Å². The highest BCUT2D eigenvalue weighted by molar-refractivity contribution is 8.00. The van der Waals surface area contributed by atoms with Crippen molar-refractivity contribution in [2.45, 2.75) is 30.5 Å². The Morgan fingerprint density at radius 1 is 1.09 bits per heavy atom. The van der Waals surface area contributed by atoms with Gasteiger partial charge in [0.2, 0.25) is 11.8 Å². The third-order valence-electron chi connectivity index (χ3n) is 2.65. The van der Waals surface area contributed by atoms with Gasteiger partial charge in [-0.25, -0.2) is 0 Å². The van der Waals surface area contributed by atoms with E-state index in [-0.39, 0.29) is 0 Å². The van der Waals surface area contributed by atoms with Gasteiger partial charge in [0.05, 0.1) is 27.4 Å². The number of carbonyl (C=O) groups excluding carboxylic acids is 1. The molecule has 0 aliphatic carbocycles. The molecule has 0 aliphatic heterocycles. The molecule has 0 radical (unpaired) electrons. The largest absolute Gasteiger partial charge is 0.481 e. The monoisotopic (exact) mass is 346 g/mol. The van der Waals surface area contributed by atoms with Crippen LogP contribution in [0.4, 0.5) is 0 Å². The van der Waals surface area contributed by atoms with Gasteiger partial charge in [-0.05, 0) is 13.8 Å². The van der Waals surface area contributed by atoms with Crippen molar-refractivity contribution in [1.82, 2.24) is 9.97 Å². The van der Waals surface area contributed by atoms with Crippen LogP contribution >= 0.6 is 11.8 Å². The summed E-state index contributed by atoms with van der Waals surface area (Å²) in [5, 5.41) is -0.488. The van der Waals surface area contributed by atoms with Crippen molar-refractivity contribution < 1.29 is 28.5 Å². The van der Waals surface area contributed by atoms with Gasteiger partial charge in [0.1, 0.15) is 0 Å². The lowest BCUT2D eigenvalue weighted by Gasteiger charge is -2.23. The van der Waals surface area contributed by atoms with E-state index in [2.05, 4.69) is 9.97 Å². The standard InChI is InChI=1S/C14H22N2O6S/c1-6-21-13(22-7-2)11(12(17)20-5)23-14-15-9(18-3)8-10(16-14)19-4/h8,11,13H,6-7H2,1-5H3. The molecule has 1 atom stereocenters. The highest BCUT2D eigenvalue weighted by Gasteiger charge is 2.33. The van der Waals surface area contributed by atoms with Crippen LogP contribution in [0.1, 0.15) is 13.8 Å². The zero-order chi connectivity index (χ0) is 17.2. The first-order valence-electron chi connectivity index (χ1n) is 7.04. The number of rotatable bonds is 10. The average Bonchev–Trinajstić information content (AvgIpc) is 2.58. The molecule has 23 heavy (non-hydrogen) atoms. The predicted octanol–water partition coefficient (Wildman–Crippen LogP) is 1.53. The Morgan fingerprint density at radius 2 is 1.61 bits per heavy atom. The van der Waals surface area contributed by atoms with E-state index in [0.29, 0.717) is 30.1 Å². The maximum absolute atomic E-state index is 12.1. The highest BCUT2D eigenvalue weighted by Crippen LogP contribution is 2.29. The van der Waals surface area contributed by atoms with Gasteiger partial charge in [-0.15, -0.1) is 0 Å². The van der Waals surface area contributed by atoms with Crippen molar-refractivity contribution in [3.63, 3.8) is 0 Å². The van der Waals surface area contributed by atoms with E-state index in [1.165, 1.54) is 21.3 Å². The predicted molar refractivity (Wildman–Crippen MR) is 83.8 cm³/mol. The number of esters is 1. The number of methoxy groups -OCH3 is 3. The molecule has 0 saturated carbocycles. The van der Waals surface area contributed by atoms with Gasteiger partial charge < -0.3 is 23.7 Å². The molecule has 0 amide bonds. The van der Waals surface area contributed by atoms with Crippen LogP contribution in [0.25, 0.3) is 0 Å². The third-order valence-corrected chi connectivity index (χ3v) is 3.71. The molecule has 0 aliphatic rings. The Kier molecular flexibility index (Phi) is 8.67. The summed E-state index contributed by atoms with van der Waals surface area (Å²) in [6.45, 7) is 4.41. The van der Waals surface area contributed by atoms with Crippen molar-refractivity contribution in [2.75, 3.05) is 34.5 Å². The Morgan fingerprint density at radius 3 is 2.00 bits per heavy atom. The number of carbonyl (C=O) groups is 1. The number of nitrogens with zero attached hydrogens (tertiary/aromatic N) is 2. The molecule has 1 aromatic rings. The number of hydrogen-bond acceptors (Lipinski definition) is 9. The molecular weight excluding hydrogens is 324 g/mol. The molecule has 0 N–H and O–H groups in total. The SMILES string of the molecule is CCOC(OCC)C(Sc1nc(OC)cc(OC)n1)C(=O)OC. The summed E-state index contributed by atoms with van der Waals surface area (Å²) in [4.78, 5) is 20.5. The van der Waals surface area contributed by atoms with Crippen molar-refractivity contribution in [2.24, 2.45) is 0 Å². The molecule has 1 rings (SSSR count). The second-order valence-electron chi connectivity index (χ2n) is 4.08. The lowest BCUT2D eigenvalue weighted by Crippen LogP contribution is -2.37. The lowest BCUT2D eigenvalue weighted by atomic mass is 10.4. The molecule has 1 unspecified atom stereocenters. The molecule has 130 valence electrons. The Balaban J connectivity index is 3.06. The number of thioether (sulfide) groups is 1. The van der Waals surface area contributed by atoms with Gasteiger partial charge in [0, 0.05) is 13.2 Å². The molecule has 1 aromatic heterocycles. The fourth-order valence-electron chi connectivity index (χ4n) is 1.64. The van der Waals surface area contributed by atoms with E-state index in [1.54, 1.807) is 6.07 Å². The van der Waals surface area contributed by atoms with Gasteiger partial charge >= 0.3 is 5.97 Å². The summed E-state index contributed by atoms with van der Waals surface area (Å²) in [6, 6.07) is 1.54. The van der Waals surface area contributed by atoms with Crippen LogP contribution in [0.3, 0.4) is 0 Å². The van der Waals surface area contributed by atoms with Crippen molar-refractivity contribution in [3.8, 4) is 11.8 Å². The van der Waals surface area contributed by atoms with E-state index >= 15 is 0 Å². The van der Waals surface area contributed by atoms with E-state index in [0.717, 1.165) is 11.8 Å². The van der Waals surface area contributed by atoms with Crippen LogP contribution in [-0.4, -0.2) is 62.0 Å². The van der Waals surface area contributed by atoms with E-state index < -0.39 is 17.5 Å².